The molecule has 0 radical (unpaired) electrons. The van der Waals surface area contributed by atoms with Crippen LogP contribution in [-0.4, -0.2) is 43.0 Å². The first kappa shape index (κ1) is 15.3. The molecule has 0 aliphatic carbocycles. The molecule has 5 heteroatoms. The third kappa shape index (κ3) is 3.92. The number of hydrogen-bond donors (Lipinski definition) is 1. The van der Waals surface area contributed by atoms with E-state index in [2.05, 4.69) is 11.9 Å². The first-order valence-electron chi connectivity index (χ1n) is 7.00. The van der Waals surface area contributed by atoms with Crippen molar-refractivity contribution in [2.45, 2.75) is 18.9 Å². The minimum absolute atomic E-state index is 0.0351. The molecule has 1 saturated heterocycles. The molecule has 112 valence electrons. The zero-order chi connectivity index (χ0) is 15.2. The molecule has 1 aromatic carbocycles. The summed E-state index contributed by atoms with van der Waals surface area (Å²) >= 11 is 0. The maximum absolute atomic E-state index is 12.4. The van der Waals surface area contributed by atoms with E-state index in [1.54, 1.807) is 36.2 Å². The second-order valence-electron chi connectivity index (χ2n) is 5.06. The molecule has 1 unspecified atom stereocenters. The molecule has 1 atom stereocenters. The van der Waals surface area contributed by atoms with E-state index in [9.17, 15) is 9.59 Å². The lowest BCUT2D eigenvalue weighted by molar-refractivity contribution is -0.111. The number of hydrogen-bond acceptors (Lipinski definition) is 3. The predicted octanol–water partition coefficient (Wildman–Crippen LogP) is 2.06. The summed E-state index contributed by atoms with van der Waals surface area (Å²) in [5.41, 5.74) is 1.24. The fourth-order valence-corrected chi connectivity index (χ4v) is 2.29. The largest absolute Gasteiger partial charge is 0.379 e. The van der Waals surface area contributed by atoms with Gasteiger partial charge in [-0.25, -0.2) is 0 Å². The second-order valence-corrected chi connectivity index (χ2v) is 5.06. The summed E-state index contributed by atoms with van der Waals surface area (Å²) in [7, 11) is 1.80. The maximum atomic E-state index is 12.4. The fraction of sp³-hybridized carbons (Fsp3) is 0.375. The number of nitrogens with one attached hydrogen (secondary N) is 1. The standard InChI is InChI=1S/C16H20N2O3/c1-3-15(19)17-13-8-6-12(7-9-13)16(20)18(2)14-5-4-10-21-11-14/h3,6-9,14H,1,4-5,10-11H2,2H3,(H,17,19). The SMILES string of the molecule is C=CC(=O)Nc1ccc(C(=O)N(C)C2CCCOC2)cc1. The Morgan fingerprint density at radius 2 is 2.10 bits per heavy atom. The molecule has 21 heavy (non-hydrogen) atoms. The van der Waals surface area contributed by atoms with Crippen LogP contribution < -0.4 is 5.32 Å². The lowest BCUT2D eigenvalue weighted by Crippen LogP contribution is -2.42. The van der Waals surface area contributed by atoms with Crippen LogP contribution in [0.15, 0.2) is 36.9 Å². The second kappa shape index (κ2) is 7.04. The third-order valence-electron chi connectivity index (χ3n) is 3.59. The highest BCUT2D eigenvalue weighted by Gasteiger charge is 2.23. The number of carbonyl (C=O) groups is 2. The van der Waals surface area contributed by atoms with E-state index in [4.69, 9.17) is 4.74 Å². The third-order valence-corrected chi connectivity index (χ3v) is 3.59. The van der Waals surface area contributed by atoms with Crippen LogP contribution in [0.1, 0.15) is 23.2 Å². The quantitative estimate of drug-likeness (QED) is 0.863. The van der Waals surface area contributed by atoms with Gasteiger partial charge in [-0.3, -0.25) is 9.59 Å². The molecule has 5 nitrogen and oxygen atoms in total. The molecule has 0 bridgehead atoms. The zero-order valence-electron chi connectivity index (χ0n) is 12.2. The molecular weight excluding hydrogens is 268 g/mol. The van der Waals surface area contributed by atoms with E-state index in [1.165, 1.54) is 6.08 Å². The summed E-state index contributed by atoms with van der Waals surface area (Å²) in [6.45, 7) is 4.76. The molecule has 0 spiro atoms. The van der Waals surface area contributed by atoms with Crippen molar-refractivity contribution in [1.82, 2.24) is 4.90 Å². The molecule has 1 N–H and O–H groups in total. The van der Waals surface area contributed by atoms with Crippen molar-refractivity contribution < 1.29 is 14.3 Å². The van der Waals surface area contributed by atoms with E-state index in [0.717, 1.165) is 19.4 Å². The van der Waals surface area contributed by atoms with Crippen LogP contribution in [0, 0.1) is 0 Å². The van der Waals surface area contributed by atoms with Crippen molar-refractivity contribution in [3.63, 3.8) is 0 Å². The molecule has 2 rings (SSSR count). The predicted molar refractivity (Wildman–Crippen MR) is 81.2 cm³/mol. The number of rotatable bonds is 4. The number of ether oxygens (including phenoxy) is 1. The fourth-order valence-electron chi connectivity index (χ4n) is 2.29. The van der Waals surface area contributed by atoms with Crippen molar-refractivity contribution in [1.29, 1.82) is 0 Å². The van der Waals surface area contributed by atoms with E-state index in [0.29, 0.717) is 17.9 Å². The van der Waals surface area contributed by atoms with Crippen molar-refractivity contribution in [2.24, 2.45) is 0 Å². The Hall–Kier alpha value is -2.14. The highest BCUT2D eigenvalue weighted by Crippen LogP contribution is 2.16. The summed E-state index contributed by atoms with van der Waals surface area (Å²) < 4.78 is 5.41. The van der Waals surface area contributed by atoms with Crippen LogP contribution in [0.3, 0.4) is 0 Å². The Morgan fingerprint density at radius 3 is 2.67 bits per heavy atom. The molecule has 1 aliphatic rings. The van der Waals surface area contributed by atoms with Crippen LogP contribution in [-0.2, 0) is 9.53 Å². The normalized spacial score (nSPS) is 17.9. The van der Waals surface area contributed by atoms with Crippen LogP contribution in [0.2, 0.25) is 0 Å². The topological polar surface area (TPSA) is 58.6 Å². The Bertz CT molecular complexity index is 519. The molecule has 1 aliphatic heterocycles. The molecule has 0 saturated carbocycles. The molecule has 2 amide bonds. The Labute approximate surface area is 124 Å². The van der Waals surface area contributed by atoms with E-state index in [-0.39, 0.29) is 17.9 Å². The van der Waals surface area contributed by atoms with Crippen molar-refractivity contribution in [2.75, 3.05) is 25.6 Å². The minimum Gasteiger partial charge on any atom is -0.379 e. The van der Waals surface area contributed by atoms with Gasteiger partial charge in [-0.15, -0.1) is 0 Å². The van der Waals surface area contributed by atoms with Crippen LogP contribution in [0.5, 0.6) is 0 Å². The lowest BCUT2D eigenvalue weighted by Gasteiger charge is -2.31. The summed E-state index contributed by atoms with van der Waals surface area (Å²) in [5.74, 6) is -0.308. The number of amides is 2. The molecule has 0 aromatic heterocycles. The summed E-state index contributed by atoms with van der Waals surface area (Å²) in [5, 5.41) is 2.65. The van der Waals surface area contributed by atoms with Gasteiger partial charge in [0.05, 0.1) is 12.6 Å². The highest BCUT2D eigenvalue weighted by atomic mass is 16.5. The van der Waals surface area contributed by atoms with Crippen molar-refractivity contribution in [3.05, 3.63) is 42.5 Å². The average Bonchev–Trinajstić information content (AvgIpc) is 2.55. The Kier molecular flexibility index (Phi) is 5.11. The number of carbonyl (C=O) groups excluding carboxylic acids is 2. The first-order chi connectivity index (χ1) is 10.1. The smallest absolute Gasteiger partial charge is 0.253 e. The zero-order valence-corrected chi connectivity index (χ0v) is 12.2. The van der Waals surface area contributed by atoms with Gasteiger partial charge in [-0.1, -0.05) is 6.58 Å². The van der Waals surface area contributed by atoms with E-state index >= 15 is 0 Å². The average molecular weight is 288 g/mol. The van der Waals surface area contributed by atoms with Gasteiger partial charge >= 0.3 is 0 Å². The Balaban J connectivity index is 2.01. The van der Waals surface area contributed by atoms with Crippen molar-refractivity contribution in [3.8, 4) is 0 Å². The van der Waals surface area contributed by atoms with Gasteiger partial charge in [0.1, 0.15) is 0 Å². The van der Waals surface area contributed by atoms with Gasteiger partial charge in [0, 0.05) is 24.9 Å². The van der Waals surface area contributed by atoms with Crippen LogP contribution in [0.4, 0.5) is 5.69 Å². The van der Waals surface area contributed by atoms with Gasteiger partial charge in [0.15, 0.2) is 0 Å². The molecule has 1 aromatic rings. The van der Waals surface area contributed by atoms with Crippen molar-refractivity contribution >= 4 is 17.5 Å². The minimum atomic E-state index is -0.273. The first-order valence-corrected chi connectivity index (χ1v) is 7.00. The molecule has 1 heterocycles. The monoisotopic (exact) mass is 288 g/mol. The van der Waals surface area contributed by atoms with Gasteiger partial charge in [-0.05, 0) is 43.2 Å². The maximum Gasteiger partial charge on any atom is 0.253 e. The van der Waals surface area contributed by atoms with Gasteiger partial charge in [0.25, 0.3) is 5.91 Å². The number of benzene rings is 1. The highest BCUT2D eigenvalue weighted by molar-refractivity contribution is 5.99. The Morgan fingerprint density at radius 1 is 1.38 bits per heavy atom. The van der Waals surface area contributed by atoms with Gasteiger partial charge < -0.3 is 15.0 Å². The number of anilines is 1. The number of likely N-dealkylation sites (N-methyl/N-ethyl adjacent to an activating group) is 1. The molecular formula is C16H20N2O3. The van der Waals surface area contributed by atoms with E-state index < -0.39 is 0 Å². The summed E-state index contributed by atoms with van der Waals surface area (Å²) in [6.07, 6.45) is 3.15. The van der Waals surface area contributed by atoms with Gasteiger partial charge in [0.2, 0.25) is 5.91 Å². The van der Waals surface area contributed by atoms with E-state index in [1.807, 2.05) is 0 Å². The lowest BCUT2D eigenvalue weighted by atomic mass is 10.1. The number of nitrogens with zero attached hydrogens (tertiary/aromatic N) is 1. The molecule has 1 fully saturated rings. The van der Waals surface area contributed by atoms with Crippen LogP contribution in [0.25, 0.3) is 0 Å². The van der Waals surface area contributed by atoms with Gasteiger partial charge in [-0.2, -0.15) is 0 Å². The summed E-state index contributed by atoms with van der Waals surface area (Å²) in [6, 6.07) is 6.97. The summed E-state index contributed by atoms with van der Waals surface area (Å²) in [4.78, 5) is 25.3. The van der Waals surface area contributed by atoms with Crippen LogP contribution >= 0.6 is 0 Å².